The van der Waals surface area contributed by atoms with Gasteiger partial charge in [0.15, 0.2) is 0 Å². The van der Waals surface area contributed by atoms with Crippen molar-refractivity contribution in [3.8, 4) is 0 Å². The van der Waals surface area contributed by atoms with Crippen LogP contribution in [-0.2, 0) is 4.79 Å². The average molecular weight is 389 g/mol. The van der Waals surface area contributed by atoms with E-state index in [1.807, 2.05) is 62.4 Å². The summed E-state index contributed by atoms with van der Waals surface area (Å²) in [7, 11) is 0. The Balaban J connectivity index is 1.90. The van der Waals surface area contributed by atoms with Gasteiger partial charge >= 0.3 is 6.18 Å². The second-order valence-electron chi connectivity index (χ2n) is 7.62. The van der Waals surface area contributed by atoms with Gasteiger partial charge in [0.05, 0.1) is 11.7 Å². The minimum atomic E-state index is -4.51. The van der Waals surface area contributed by atoms with E-state index in [1.54, 1.807) is 6.20 Å². The average Bonchev–Trinajstić information content (AvgIpc) is 3.07. The van der Waals surface area contributed by atoms with Crippen LogP contribution in [0.15, 0.2) is 54.7 Å². The SMILES string of the molecule is CC(C)(CNC(=O)CC(F)(F)F)[C@@H](c1ccccc1)c1ccc2[nH]ncc2c1. The Hall–Kier alpha value is -2.83. The van der Waals surface area contributed by atoms with E-state index >= 15 is 0 Å². The third kappa shape index (κ3) is 4.71. The molecule has 2 N–H and O–H groups in total. The third-order valence-corrected chi connectivity index (χ3v) is 4.81. The zero-order valence-electron chi connectivity index (χ0n) is 15.7. The van der Waals surface area contributed by atoms with E-state index in [9.17, 15) is 18.0 Å². The fourth-order valence-corrected chi connectivity index (χ4v) is 3.55. The van der Waals surface area contributed by atoms with Gasteiger partial charge in [-0.1, -0.05) is 50.2 Å². The molecule has 0 aliphatic carbocycles. The minimum Gasteiger partial charge on any atom is -0.355 e. The first-order chi connectivity index (χ1) is 13.2. The molecule has 0 saturated carbocycles. The Kier molecular flexibility index (Phi) is 5.45. The van der Waals surface area contributed by atoms with E-state index in [1.165, 1.54) is 0 Å². The Morgan fingerprint density at radius 1 is 1.11 bits per heavy atom. The summed E-state index contributed by atoms with van der Waals surface area (Å²) < 4.78 is 37.4. The van der Waals surface area contributed by atoms with Crippen molar-refractivity contribution < 1.29 is 18.0 Å². The lowest BCUT2D eigenvalue weighted by Crippen LogP contribution is -2.39. The van der Waals surface area contributed by atoms with Crippen molar-refractivity contribution in [2.45, 2.75) is 32.4 Å². The first kappa shape index (κ1) is 19.9. The highest BCUT2D eigenvalue weighted by Gasteiger charge is 2.35. The molecule has 1 heterocycles. The van der Waals surface area contributed by atoms with E-state index in [0.29, 0.717) is 0 Å². The van der Waals surface area contributed by atoms with Crippen molar-refractivity contribution in [2.24, 2.45) is 5.41 Å². The van der Waals surface area contributed by atoms with Crippen molar-refractivity contribution in [1.29, 1.82) is 0 Å². The molecule has 0 aliphatic heterocycles. The number of hydrogen-bond acceptors (Lipinski definition) is 2. The summed E-state index contributed by atoms with van der Waals surface area (Å²) in [6.07, 6.45) is -4.25. The summed E-state index contributed by atoms with van der Waals surface area (Å²) in [5.41, 5.74) is 2.42. The van der Waals surface area contributed by atoms with Crippen LogP contribution in [0.4, 0.5) is 13.2 Å². The minimum absolute atomic E-state index is 0.116. The van der Waals surface area contributed by atoms with Gasteiger partial charge in [-0.2, -0.15) is 18.3 Å². The lowest BCUT2D eigenvalue weighted by Gasteiger charge is -2.35. The molecular weight excluding hydrogens is 367 g/mol. The highest BCUT2D eigenvalue weighted by Crippen LogP contribution is 2.41. The second kappa shape index (κ2) is 7.66. The summed E-state index contributed by atoms with van der Waals surface area (Å²) in [6.45, 7) is 4.00. The van der Waals surface area contributed by atoms with Gasteiger partial charge in [-0.15, -0.1) is 0 Å². The molecule has 0 fully saturated rings. The highest BCUT2D eigenvalue weighted by molar-refractivity contribution is 5.79. The topological polar surface area (TPSA) is 57.8 Å². The van der Waals surface area contributed by atoms with Crippen molar-refractivity contribution in [1.82, 2.24) is 15.5 Å². The lowest BCUT2D eigenvalue weighted by molar-refractivity contribution is -0.154. The summed E-state index contributed by atoms with van der Waals surface area (Å²) in [5, 5.41) is 10.4. The largest absolute Gasteiger partial charge is 0.397 e. The Labute approximate surface area is 161 Å². The molecule has 28 heavy (non-hydrogen) atoms. The number of nitrogens with zero attached hydrogens (tertiary/aromatic N) is 1. The summed E-state index contributed by atoms with van der Waals surface area (Å²) in [6, 6.07) is 15.7. The molecule has 0 aliphatic rings. The van der Waals surface area contributed by atoms with Crippen molar-refractivity contribution in [3.05, 3.63) is 65.9 Å². The van der Waals surface area contributed by atoms with Crippen LogP contribution in [0, 0.1) is 5.41 Å². The van der Waals surface area contributed by atoms with E-state index in [0.717, 1.165) is 22.0 Å². The highest BCUT2D eigenvalue weighted by atomic mass is 19.4. The quantitative estimate of drug-likeness (QED) is 0.637. The Bertz CT molecular complexity index is 948. The summed E-state index contributed by atoms with van der Waals surface area (Å²) in [5.74, 6) is -1.14. The third-order valence-electron chi connectivity index (χ3n) is 4.81. The van der Waals surface area contributed by atoms with Crippen molar-refractivity contribution >= 4 is 16.8 Å². The second-order valence-corrected chi connectivity index (χ2v) is 7.62. The van der Waals surface area contributed by atoms with Crippen molar-refractivity contribution in [2.75, 3.05) is 6.54 Å². The van der Waals surface area contributed by atoms with Gasteiger partial charge in [0.1, 0.15) is 6.42 Å². The standard InChI is InChI=1S/C21H22F3N3O/c1-20(2,13-25-18(28)11-21(22,23)24)19(14-6-4-3-5-7-14)15-8-9-17-16(10-15)12-26-27-17/h3-10,12,19H,11,13H2,1-2H3,(H,25,28)(H,26,27)/t19-/m0/s1. The van der Waals surface area contributed by atoms with Gasteiger partial charge in [-0.05, 0) is 28.7 Å². The number of benzene rings is 2. The van der Waals surface area contributed by atoms with Crippen LogP contribution in [0.1, 0.15) is 37.3 Å². The summed E-state index contributed by atoms with van der Waals surface area (Å²) in [4.78, 5) is 11.7. The number of halogens is 3. The molecule has 0 spiro atoms. The maximum absolute atomic E-state index is 12.5. The Morgan fingerprint density at radius 2 is 1.82 bits per heavy atom. The van der Waals surface area contributed by atoms with Crippen LogP contribution in [-0.4, -0.2) is 28.8 Å². The fourth-order valence-electron chi connectivity index (χ4n) is 3.55. The molecule has 0 radical (unpaired) electrons. The zero-order chi connectivity index (χ0) is 20.4. The van der Waals surface area contributed by atoms with Gasteiger partial charge in [-0.3, -0.25) is 9.89 Å². The number of amides is 1. The molecule has 1 aromatic heterocycles. The molecule has 0 saturated heterocycles. The van der Waals surface area contributed by atoms with E-state index in [2.05, 4.69) is 15.5 Å². The molecule has 148 valence electrons. The molecule has 0 unspecified atom stereocenters. The number of carbonyl (C=O) groups excluding carboxylic acids is 1. The van der Waals surface area contributed by atoms with E-state index in [-0.39, 0.29) is 12.5 Å². The maximum atomic E-state index is 12.5. The lowest BCUT2D eigenvalue weighted by atomic mass is 9.71. The van der Waals surface area contributed by atoms with Crippen LogP contribution in [0.2, 0.25) is 0 Å². The molecule has 3 rings (SSSR count). The van der Waals surface area contributed by atoms with Crippen LogP contribution >= 0.6 is 0 Å². The number of nitrogens with one attached hydrogen (secondary N) is 2. The van der Waals surface area contributed by atoms with Gasteiger partial charge < -0.3 is 5.32 Å². The smallest absolute Gasteiger partial charge is 0.355 e. The predicted octanol–water partition coefficient (Wildman–Crippen LogP) is 4.79. The van der Waals surface area contributed by atoms with Gasteiger partial charge in [0.2, 0.25) is 5.91 Å². The first-order valence-corrected chi connectivity index (χ1v) is 8.97. The number of carbonyl (C=O) groups is 1. The fraction of sp³-hybridized carbons (Fsp3) is 0.333. The van der Waals surface area contributed by atoms with Crippen molar-refractivity contribution in [3.63, 3.8) is 0 Å². The van der Waals surface area contributed by atoms with E-state index in [4.69, 9.17) is 0 Å². The molecule has 2 aromatic carbocycles. The monoisotopic (exact) mass is 389 g/mol. The van der Waals surface area contributed by atoms with Crippen LogP contribution < -0.4 is 5.32 Å². The van der Waals surface area contributed by atoms with Gasteiger partial charge in [0, 0.05) is 17.8 Å². The van der Waals surface area contributed by atoms with Crippen LogP contribution in [0.3, 0.4) is 0 Å². The molecular formula is C21H22F3N3O. The van der Waals surface area contributed by atoms with Crippen LogP contribution in [0.5, 0.6) is 0 Å². The number of aromatic amines is 1. The Morgan fingerprint density at radius 3 is 2.50 bits per heavy atom. The molecule has 4 nitrogen and oxygen atoms in total. The molecule has 7 heteroatoms. The zero-order valence-corrected chi connectivity index (χ0v) is 15.7. The van der Waals surface area contributed by atoms with E-state index < -0.39 is 23.9 Å². The van der Waals surface area contributed by atoms with Crippen LogP contribution in [0.25, 0.3) is 10.9 Å². The normalized spacial score (nSPS) is 13.5. The number of aromatic nitrogens is 2. The number of alkyl halides is 3. The molecule has 1 atom stereocenters. The predicted molar refractivity (Wildman–Crippen MR) is 102 cm³/mol. The summed E-state index contributed by atoms with van der Waals surface area (Å²) >= 11 is 0. The molecule has 3 aromatic rings. The number of H-pyrrole nitrogens is 1. The molecule has 1 amide bonds. The first-order valence-electron chi connectivity index (χ1n) is 8.97. The maximum Gasteiger partial charge on any atom is 0.397 e. The van der Waals surface area contributed by atoms with Gasteiger partial charge in [-0.25, -0.2) is 0 Å². The van der Waals surface area contributed by atoms with Gasteiger partial charge in [0.25, 0.3) is 0 Å². The number of rotatable bonds is 6. The number of hydrogen-bond donors (Lipinski definition) is 2. The number of fused-ring (bicyclic) bond motifs is 1. The molecule has 0 bridgehead atoms.